The van der Waals surface area contributed by atoms with Crippen LogP contribution in [0.15, 0.2) is 12.7 Å². The first-order valence-corrected chi connectivity index (χ1v) is 4.42. The van der Waals surface area contributed by atoms with Crippen molar-refractivity contribution in [2.75, 3.05) is 0 Å². The fourth-order valence-corrected chi connectivity index (χ4v) is 1.79. The molecule has 0 amide bonds. The maximum Gasteiger partial charge on any atom is 0.100 e. The minimum absolute atomic E-state index is 0.655. The Balaban J connectivity index is 2.68. The largest absolute Gasteiger partial charge is 0.388 e. The lowest BCUT2D eigenvalue weighted by atomic mass is 9.76. The van der Waals surface area contributed by atoms with Crippen molar-refractivity contribution in [3.63, 3.8) is 0 Å². The Labute approximate surface area is 74.5 Å². The van der Waals surface area contributed by atoms with Gasteiger partial charge in [0, 0.05) is 0 Å². The van der Waals surface area contributed by atoms with Crippen LogP contribution < -0.4 is 0 Å². The first kappa shape index (κ1) is 9.35. The summed E-state index contributed by atoms with van der Waals surface area (Å²) >= 11 is 0. The number of terminal acetylenes is 1. The van der Waals surface area contributed by atoms with Crippen molar-refractivity contribution in [2.45, 2.75) is 37.7 Å². The van der Waals surface area contributed by atoms with Gasteiger partial charge in [-0.05, 0) is 12.8 Å². The molecule has 0 aliphatic heterocycles. The van der Waals surface area contributed by atoms with Crippen LogP contribution in [0.3, 0.4) is 0 Å². The lowest BCUT2D eigenvalue weighted by Crippen LogP contribution is -2.36. The zero-order valence-corrected chi connectivity index (χ0v) is 7.34. The molecule has 65 valence electrons. The van der Waals surface area contributed by atoms with Crippen molar-refractivity contribution in [1.82, 2.24) is 0 Å². The van der Waals surface area contributed by atoms with E-state index >= 15 is 0 Å². The molecule has 0 aromatic heterocycles. The second-order valence-corrected chi connectivity index (χ2v) is 3.35. The Hall–Kier alpha value is -0.740. The molecular formula is C11H15O. The van der Waals surface area contributed by atoms with Gasteiger partial charge in [0.05, 0.1) is 5.60 Å². The summed E-state index contributed by atoms with van der Waals surface area (Å²) in [7, 11) is 0. The summed E-state index contributed by atoms with van der Waals surface area (Å²) in [6, 6.07) is 0. The molecule has 1 nitrogen and oxygen atoms in total. The van der Waals surface area contributed by atoms with Crippen LogP contribution >= 0.6 is 0 Å². The molecule has 0 unspecified atom stereocenters. The first-order valence-electron chi connectivity index (χ1n) is 4.42. The highest BCUT2D eigenvalue weighted by molar-refractivity contribution is 5.35. The summed E-state index contributed by atoms with van der Waals surface area (Å²) in [5.41, 5.74) is -0.741. The molecule has 1 rings (SSSR count). The minimum Gasteiger partial charge on any atom is -0.388 e. The van der Waals surface area contributed by atoms with Gasteiger partial charge in [0.25, 0.3) is 0 Å². The van der Waals surface area contributed by atoms with E-state index in [-0.39, 0.29) is 0 Å². The molecule has 1 N–H and O–H groups in total. The van der Waals surface area contributed by atoms with Crippen LogP contribution in [-0.2, 0) is 0 Å². The number of rotatable bonds is 2. The predicted molar refractivity (Wildman–Crippen MR) is 50.3 cm³/mol. The molecule has 0 spiro atoms. The van der Waals surface area contributed by atoms with Crippen LogP contribution in [0.5, 0.6) is 0 Å². The molecule has 0 heterocycles. The SMILES string of the molecule is C#C[C](C=C)C1(O)CCCCC1. The van der Waals surface area contributed by atoms with Crippen molar-refractivity contribution in [2.24, 2.45) is 0 Å². The monoisotopic (exact) mass is 163 g/mol. The highest BCUT2D eigenvalue weighted by Gasteiger charge is 2.35. The van der Waals surface area contributed by atoms with Gasteiger partial charge in [-0.2, -0.15) is 0 Å². The van der Waals surface area contributed by atoms with Gasteiger partial charge < -0.3 is 5.11 Å². The van der Waals surface area contributed by atoms with E-state index in [4.69, 9.17) is 6.42 Å². The lowest BCUT2D eigenvalue weighted by Gasteiger charge is -2.34. The number of aliphatic hydroxyl groups is 1. The van der Waals surface area contributed by atoms with Gasteiger partial charge in [-0.3, -0.25) is 0 Å². The van der Waals surface area contributed by atoms with Crippen molar-refractivity contribution >= 4 is 0 Å². The van der Waals surface area contributed by atoms with E-state index in [9.17, 15) is 5.11 Å². The number of hydrogen-bond acceptors (Lipinski definition) is 1. The molecule has 0 aromatic carbocycles. The fraction of sp³-hybridized carbons (Fsp3) is 0.545. The van der Waals surface area contributed by atoms with Gasteiger partial charge in [-0.25, -0.2) is 0 Å². The van der Waals surface area contributed by atoms with E-state index < -0.39 is 5.60 Å². The Morgan fingerprint density at radius 2 is 2.00 bits per heavy atom. The van der Waals surface area contributed by atoms with Crippen molar-refractivity contribution in [1.29, 1.82) is 0 Å². The minimum atomic E-state index is -0.741. The molecule has 1 heteroatoms. The van der Waals surface area contributed by atoms with Gasteiger partial charge in [-0.15, -0.1) is 13.0 Å². The van der Waals surface area contributed by atoms with Gasteiger partial charge in [0.1, 0.15) is 5.92 Å². The third kappa shape index (κ3) is 1.70. The third-order valence-electron chi connectivity index (χ3n) is 2.54. The summed E-state index contributed by atoms with van der Waals surface area (Å²) in [5.74, 6) is 3.17. The zero-order valence-electron chi connectivity index (χ0n) is 7.34. The van der Waals surface area contributed by atoms with Crippen LogP contribution in [0.25, 0.3) is 0 Å². The standard InChI is InChI=1S/C11H15O/c1-3-10(4-2)11(12)8-6-5-7-9-11/h1,4,12H,2,5-9H2. The maximum absolute atomic E-state index is 10.1. The molecule has 1 radical (unpaired) electrons. The van der Waals surface area contributed by atoms with Gasteiger partial charge in [-0.1, -0.05) is 31.3 Å². The number of hydrogen-bond donors (Lipinski definition) is 1. The van der Waals surface area contributed by atoms with Crippen LogP contribution in [-0.4, -0.2) is 10.7 Å². The Kier molecular flexibility index (Phi) is 2.94. The smallest absolute Gasteiger partial charge is 0.100 e. The summed E-state index contributed by atoms with van der Waals surface area (Å²) < 4.78 is 0. The van der Waals surface area contributed by atoms with E-state index in [0.717, 1.165) is 25.7 Å². The summed E-state index contributed by atoms with van der Waals surface area (Å²) in [6.45, 7) is 3.61. The first-order chi connectivity index (χ1) is 5.73. The molecule has 1 aliphatic carbocycles. The van der Waals surface area contributed by atoms with Crippen LogP contribution in [0.2, 0.25) is 0 Å². The second kappa shape index (κ2) is 3.78. The Morgan fingerprint density at radius 1 is 1.42 bits per heavy atom. The summed E-state index contributed by atoms with van der Waals surface area (Å²) in [6.07, 6.45) is 11.8. The highest BCUT2D eigenvalue weighted by Crippen LogP contribution is 2.35. The maximum atomic E-state index is 10.1. The normalized spacial score (nSPS) is 21.8. The van der Waals surface area contributed by atoms with E-state index in [2.05, 4.69) is 12.5 Å². The molecular weight excluding hydrogens is 148 g/mol. The van der Waals surface area contributed by atoms with Gasteiger partial charge in [0.15, 0.2) is 0 Å². The van der Waals surface area contributed by atoms with E-state index in [1.54, 1.807) is 6.08 Å². The quantitative estimate of drug-likeness (QED) is 0.618. The van der Waals surface area contributed by atoms with E-state index in [0.29, 0.717) is 5.92 Å². The molecule has 0 bridgehead atoms. The predicted octanol–water partition coefficient (Wildman–Crippen LogP) is 2.08. The Bertz CT molecular complexity index is 194. The van der Waals surface area contributed by atoms with Gasteiger partial charge >= 0.3 is 0 Å². The molecule has 1 aliphatic rings. The third-order valence-corrected chi connectivity index (χ3v) is 2.54. The molecule has 12 heavy (non-hydrogen) atoms. The summed E-state index contributed by atoms with van der Waals surface area (Å²) in [5, 5.41) is 10.1. The summed E-state index contributed by atoms with van der Waals surface area (Å²) in [4.78, 5) is 0. The molecule has 1 saturated carbocycles. The highest BCUT2D eigenvalue weighted by atomic mass is 16.3. The molecule has 1 fully saturated rings. The fourth-order valence-electron chi connectivity index (χ4n) is 1.79. The van der Waals surface area contributed by atoms with E-state index in [1.807, 2.05) is 0 Å². The van der Waals surface area contributed by atoms with Gasteiger partial charge in [0.2, 0.25) is 0 Å². The lowest BCUT2D eigenvalue weighted by molar-refractivity contribution is 0.0299. The zero-order chi connectivity index (χ0) is 9.03. The van der Waals surface area contributed by atoms with Crippen molar-refractivity contribution < 1.29 is 5.11 Å². The molecule has 0 aromatic rings. The van der Waals surface area contributed by atoms with Crippen molar-refractivity contribution in [3.05, 3.63) is 18.6 Å². The van der Waals surface area contributed by atoms with E-state index in [1.165, 1.54) is 6.42 Å². The second-order valence-electron chi connectivity index (χ2n) is 3.35. The van der Waals surface area contributed by atoms with Crippen molar-refractivity contribution in [3.8, 4) is 12.3 Å². The Morgan fingerprint density at radius 3 is 2.42 bits per heavy atom. The topological polar surface area (TPSA) is 20.2 Å². The molecule has 0 atom stereocenters. The average molecular weight is 163 g/mol. The van der Waals surface area contributed by atoms with Crippen LogP contribution in [0, 0.1) is 18.3 Å². The van der Waals surface area contributed by atoms with Crippen LogP contribution in [0.1, 0.15) is 32.1 Å². The van der Waals surface area contributed by atoms with Crippen LogP contribution in [0.4, 0.5) is 0 Å². The molecule has 0 saturated heterocycles. The average Bonchev–Trinajstić information content (AvgIpc) is 2.07.